The molecule has 13 atom stereocenters. The highest BCUT2D eigenvalue weighted by Crippen LogP contribution is 2.43. The minimum atomic E-state index is -5.61. The third kappa shape index (κ3) is 60.0. The maximum absolute atomic E-state index is 15.1. The van der Waals surface area contributed by atoms with Crippen molar-refractivity contribution in [2.45, 2.75) is 552 Å². The van der Waals surface area contributed by atoms with Crippen LogP contribution in [0.2, 0.25) is 0 Å². The molecule has 0 radical (unpaired) electrons. The van der Waals surface area contributed by atoms with E-state index in [9.17, 15) is 58.8 Å². The summed E-state index contributed by atoms with van der Waals surface area (Å²) in [6.45, 7) is 12.1. The molecule has 2 rings (SSSR count). The van der Waals surface area contributed by atoms with Crippen molar-refractivity contribution in [2.75, 3.05) is 6.61 Å². The van der Waals surface area contributed by atoms with E-state index >= 15 is 4.79 Å². The summed E-state index contributed by atoms with van der Waals surface area (Å²) in [5, 5.41) is 51.2. The largest absolute Gasteiger partial charge is 0.470 e. The average molecular weight is 1690 g/mol. The summed E-state index contributed by atoms with van der Waals surface area (Å²) in [6.07, 6.45) is 40.8. The van der Waals surface area contributed by atoms with E-state index in [4.69, 9.17) is 37.7 Å². The van der Waals surface area contributed by atoms with Crippen LogP contribution in [0.25, 0.3) is 0 Å². The van der Waals surface area contributed by atoms with Crippen molar-refractivity contribution in [3.63, 3.8) is 0 Å². The second kappa shape index (κ2) is 74.1. The quantitative estimate of drug-likeness (QED) is 0.0121. The summed E-state index contributed by atoms with van der Waals surface area (Å²) in [7, 11) is -5.61. The molecule has 2 aliphatic heterocycles. The van der Waals surface area contributed by atoms with E-state index in [1.807, 2.05) is 0 Å². The van der Waals surface area contributed by atoms with Crippen LogP contribution >= 0.6 is 7.82 Å². The highest BCUT2D eigenvalue weighted by molar-refractivity contribution is 7.46. The molecule has 8 N–H and O–H groups in total. The van der Waals surface area contributed by atoms with Crippen LogP contribution in [0.5, 0.6) is 0 Å². The third-order valence-corrected chi connectivity index (χ3v) is 23.8. The van der Waals surface area contributed by atoms with Gasteiger partial charge in [-0.25, -0.2) is 4.57 Å². The highest BCUT2D eigenvalue weighted by Gasteiger charge is 2.54. The number of ether oxygens (including phenoxy) is 7. The summed E-state index contributed by atoms with van der Waals surface area (Å²) in [6, 6.07) is -3.30. The number of carbonyl (C=O) groups excluding carboxylic acids is 6. The second-order valence-electron chi connectivity index (χ2n) is 34.5. The fourth-order valence-corrected chi connectivity index (χ4v) is 16.7. The van der Waals surface area contributed by atoms with Gasteiger partial charge in [0.1, 0.15) is 42.6 Å². The topological polar surface area (TPSA) is 339 Å². The molecule has 24 heteroatoms. The minimum absolute atomic E-state index is 0.119. The standard InChI is InChI=1S/C93H175N2O21P/c1-7-13-19-25-31-37-38-44-50-56-62-68-84(102)110-78(66-60-54-48-42-35-29-23-17-11-5)72-86(104)113-91-89(95-82(100)71-77(65-59-53-47-41-34-28-22-16-10-4)109-83(101)67-61-55-49-43-36-30-24-18-12-6)93(112-80(74-96)90(91)116-117(106,107)108)115-87-73-79(111-85(103)70-76(98)64-58-52-46-40-33-27-21-15-9-3)88(92(105)114-87)94-81(99)69-75(97)63-57-51-45-39-32-26-20-14-8-2/h75-80,87-93,96-98,105H,7-74H2,1-6H3,(H,94,99)(H,95,100)(H2,106,107,108)/t75?,76?,77?,78?,79-,80+,87+,88+,89+,90+,91+,92-,93-/m0/s1. The monoisotopic (exact) mass is 1690 g/mol. The number of nitrogens with one attached hydrogen (secondary N) is 2. The van der Waals surface area contributed by atoms with Gasteiger partial charge in [0.05, 0.1) is 44.5 Å². The molecule has 0 bridgehead atoms. The van der Waals surface area contributed by atoms with E-state index in [-0.39, 0.29) is 25.7 Å². The van der Waals surface area contributed by atoms with Crippen LogP contribution in [0, 0.1) is 0 Å². The number of phosphoric acid groups is 1. The lowest BCUT2D eigenvalue weighted by Gasteiger charge is -2.47. The number of unbranched alkanes of at least 4 members (excludes halogenated alkanes) is 50. The first-order chi connectivity index (χ1) is 56.7. The van der Waals surface area contributed by atoms with Crippen molar-refractivity contribution in [2.24, 2.45) is 0 Å². The van der Waals surface area contributed by atoms with Crippen molar-refractivity contribution < 1.29 is 101 Å². The Morgan fingerprint density at radius 3 is 1.06 bits per heavy atom. The molecule has 0 aromatic rings. The van der Waals surface area contributed by atoms with Gasteiger partial charge in [0, 0.05) is 19.3 Å². The molecule has 2 saturated heterocycles. The van der Waals surface area contributed by atoms with Gasteiger partial charge in [0.15, 0.2) is 25.0 Å². The Morgan fingerprint density at radius 1 is 0.376 bits per heavy atom. The lowest BCUT2D eigenvalue weighted by molar-refractivity contribution is -0.350. The molecule has 0 spiro atoms. The average Bonchev–Trinajstić information content (AvgIpc) is 0.775. The predicted octanol–water partition coefficient (Wildman–Crippen LogP) is 21.5. The van der Waals surface area contributed by atoms with Crippen molar-refractivity contribution in [1.82, 2.24) is 10.6 Å². The fourth-order valence-electron chi connectivity index (χ4n) is 16.1. The molecule has 2 fully saturated rings. The van der Waals surface area contributed by atoms with Gasteiger partial charge in [-0.15, -0.1) is 0 Å². The molecule has 2 heterocycles. The van der Waals surface area contributed by atoms with E-state index in [1.165, 1.54) is 141 Å². The number of esters is 4. The van der Waals surface area contributed by atoms with Gasteiger partial charge in [-0.3, -0.25) is 33.3 Å². The number of carbonyl (C=O) groups is 6. The van der Waals surface area contributed by atoms with Crippen LogP contribution in [0.3, 0.4) is 0 Å². The van der Waals surface area contributed by atoms with Crippen molar-refractivity contribution >= 4 is 43.5 Å². The number of rotatable bonds is 81. The first-order valence-corrected chi connectivity index (χ1v) is 50.0. The van der Waals surface area contributed by atoms with E-state index in [0.717, 1.165) is 180 Å². The van der Waals surface area contributed by atoms with Gasteiger partial charge in [-0.1, -0.05) is 375 Å². The summed E-state index contributed by atoms with van der Waals surface area (Å²) in [5.41, 5.74) is 0. The van der Waals surface area contributed by atoms with E-state index in [2.05, 4.69) is 52.2 Å². The molecule has 0 saturated carbocycles. The summed E-state index contributed by atoms with van der Waals surface area (Å²) in [5.74, 6) is -4.35. The Hall–Kier alpha value is -3.35. The van der Waals surface area contributed by atoms with Gasteiger partial charge in [-0.05, 0) is 51.4 Å². The molecular weight excluding hydrogens is 1510 g/mol. The lowest BCUT2D eigenvalue weighted by Crippen LogP contribution is -2.67. The van der Waals surface area contributed by atoms with Crippen LogP contribution in [0.4, 0.5) is 0 Å². The zero-order valence-corrected chi connectivity index (χ0v) is 75.7. The van der Waals surface area contributed by atoms with Gasteiger partial charge in [0.2, 0.25) is 11.8 Å². The van der Waals surface area contributed by atoms with E-state index in [0.29, 0.717) is 57.8 Å². The molecule has 688 valence electrons. The molecule has 2 aliphatic rings. The third-order valence-electron chi connectivity index (χ3n) is 23.2. The predicted molar refractivity (Wildman–Crippen MR) is 463 cm³/mol. The number of amides is 2. The number of hydrogen-bond donors (Lipinski definition) is 8. The van der Waals surface area contributed by atoms with Crippen molar-refractivity contribution in [3.05, 3.63) is 0 Å². The smallest absolute Gasteiger partial charge is 0.462 e. The molecule has 117 heavy (non-hydrogen) atoms. The second-order valence-corrected chi connectivity index (χ2v) is 35.7. The molecular formula is C93H175N2O21P. The SMILES string of the molecule is CCCCCCCCCCCCCC(=O)OC(CCCCCCCCCCC)CC(=O)O[C@@H]1[C@@H](NC(=O)CC(CCCCCCCCCCC)OC(=O)CCCCCCCCCCC)[C@H](O[C@@H]2C[C@H](OC(=O)CC(O)CCCCCCCCCCC)[C@@H](NC(=O)CC(O)CCCCCCCCCCC)[C@@H](O)O2)O[C@H](CO)[C@H]1OP(=O)(O)O. The Kier molecular flexibility index (Phi) is 69.5. The number of phosphoric ester groups is 1. The summed E-state index contributed by atoms with van der Waals surface area (Å²) >= 11 is 0. The van der Waals surface area contributed by atoms with Crippen LogP contribution in [0.15, 0.2) is 0 Å². The van der Waals surface area contributed by atoms with Gasteiger partial charge >= 0.3 is 31.7 Å². The molecule has 2 amide bonds. The van der Waals surface area contributed by atoms with Crippen LogP contribution < -0.4 is 10.6 Å². The van der Waals surface area contributed by atoms with E-state index < -0.39 is 156 Å². The van der Waals surface area contributed by atoms with E-state index in [1.54, 1.807) is 0 Å². The Morgan fingerprint density at radius 2 is 0.692 bits per heavy atom. The summed E-state index contributed by atoms with van der Waals surface area (Å²) < 4.78 is 62.3. The molecule has 23 nitrogen and oxygen atoms in total. The first kappa shape index (κ1) is 110. The van der Waals surface area contributed by atoms with Gasteiger partial charge < -0.3 is 74.0 Å². The number of aliphatic hydroxyl groups is 4. The zero-order chi connectivity index (χ0) is 85.6. The van der Waals surface area contributed by atoms with Gasteiger partial charge in [0.25, 0.3) is 0 Å². The normalized spacial score (nSPS) is 20.0. The molecule has 0 aromatic heterocycles. The minimum Gasteiger partial charge on any atom is -0.462 e. The summed E-state index contributed by atoms with van der Waals surface area (Å²) in [4.78, 5) is 107. The van der Waals surface area contributed by atoms with Gasteiger partial charge in [-0.2, -0.15) is 0 Å². The zero-order valence-electron chi connectivity index (χ0n) is 74.8. The Labute approximate surface area is 710 Å². The Bertz CT molecular complexity index is 2460. The Balaban J connectivity index is 2.74. The maximum Gasteiger partial charge on any atom is 0.470 e. The van der Waals surface area contributed by atoms with Crippen LogP contribution in [0.1, 0.15) is 472 Å². The maximum atomic E-state index is 15.1. The molecule has 4 unspecified atom stereocenters. The molecule has 0 aliphatic carbocycles. The van der Waals surface area contributed by atoms with Crippen LogP contribution in [-0.4, -0.2) is 152 Å². The highest BCUT2D eigenvalue weighted by atomic mass is 31.2. The number of hydrogen-bond acceptors (Lipinski definition) is 19. The van der Waals surface area contributed by atoms with Crippen LogP contribution in [-0.2, 0) is 71.0 Å². The molecule has 0 aromatic carbocycles. The first-order valence-electron chi connectivity index (χ1n) is 48.4. The number of aliphatic hydroxyl groups excluding tert-OH is 4. The van der Waals surface area contributed by atoms with Crippen molar-refractivity contribution in [1.29, 1.82) is 0 Å². The fraction of sp³-hybridized carbons (Fsp3) is 0.935. The lowest BCUT2D eigenvalue weighted by atomic mass is 9.95. The van der Waals surface area contributed by atoms with Crippen molar-refractivity contribution in [3.8, 4) is 0 Å².